The molecule has 21 heavy (non-hydrogen) atoms. The molecule has 1 unspecified atom stereocenters. The first kappa shape index (κ1) is 17.3. The SMILES string of the molecule is CC(C)c1ccc(NC(=O)N(C)CC(O)C(F)(F)F)cc1. The molecule has 2 N–H and O–H groups in total. The minimum Gasteiger partial charge on any atom is -0.382 e. The zero-order valence-corrected chi connectivity index (χ0v) is 12.1. The third-order valence-corrected chi connectivity index (χ3v) is 3.00. The van der Waals surface area contributed by atoms with Crippen molar-refractivity contribution in [2.75, 3.05) is 18.9 Å². The van der Waals surface area contributed by atoms with E-state index in [4.69, 9.17) is 5.11 Å². The molecular weight excluding hydrogens is 285 g/mol. The van der Waals surface area contributed by atoms with Crippen LogP contribution in [0.25, 0.3) is 0 Å². The topological polar surface area (TPSA) is 52.6 Å². The van der Waals surface area contributed by atoms with Gasteiger partial charge in [-0.25, -0.2) is 4.79 Å². The summed E-state index contributed by atoms with van der Waals surface area (Å²) in [5.74, 6) is 0.347. The highest BCUT2D eigenvalue weighted by molar-refractivity contribution is 5.89. The number of alkyl halides is 3. The molecule has 118 valence electrons. The Hall–Kier alpha value is -1.76. The molecule has 7 heteroatoms. The molecule has 1 atom stereocenters. The molecule has 4 nitrogen and oxygen atoms in total. The van der Waals surface area contributed by atoms with Crippen molar-refractivity contribution < 1.29 is 23.1 Å². The summed E-state index contributed by atoms with van der Waals surface area (Å²) in [6, 6.07) is 6.33. The van der Waals surface area contributed by atoms with Crippen LogP contribution in [0.1, 0.15) is 25.3 Å². The van der Waals surface area contributed by atoms with E-state index in [1.165, 1.54) is 7.05 Å². The first-order valence-electron chi connectivity index (χ1n) is 6.48. The van der Waals surface area contributed by atoms with Crippen molar-refractivity contribution in [1.29, 1.82) is 0 Å². The van der Waals surface area contributed by atoms with Crippen molar-refractivity contribution >= 4 is 11.7 Å². The van der Waals surface area contributed by atoms with Crippen molar-refractivity contribution in [2.24, 2.45) is 0 Å². The van der Waals surface area contributed by atoms with Gasteiger partial charge in [0, 0.05) is 12.7 Å². The van der Waals surface area contributed by atoms with Crippen LogP contribution in [0.15, 0.2) is 24.3 Å². The Morgan fingerprint density at radius 1 is 1.29 bits per heavy atom. The van der Waals surface area contributed by atoms with Crippen molar-refractivity contribution in [3.63, 3.8) is 0 Å². The van der Waals surface area contributed by atoms with E-state index in [1.807, 2.05) is 26.0 Å². The number of amides is 2. The summed E-state index contributed by atoms with van der Waals surface area (Å²) < 4.78 is 36.6. The quantitative estimate of drug-likeness (QED) is 0.897. The summed E-state index contributed by atoms with van der Waals surface area (Å²) in [5.41, 5.74) is 1.58. The van der Waals surface area contributed by atoms with Crippen LogP contribution in [-0.4, -0.2) is 41.9 Å². The number of hydrogen-bond acceptors (Lipinski definition) is 2. The van der Waals surface area contributed by atoms with E-state index in [-0.39, 0.29) is 0 Å². The van der Waals surface area contributed by atoms with Gasteiger partial charge in [-0.05, 0) is 23.6 Å². The van der Waals surface area contributed by atoms with Crippen LogP contribution in [0.4, 0.5) is 23.7 Å². The number of aliphatic hydroxyl groups excluding tert-OH is 1. The third-order valence-electron chi connectivity index (χ3n) is 3.00. The number of benzene rings is 1. The molecule has 1 rings (SSSR count). The molecule has 2 amide bonds. The zero-order valence-electron chi connectivity index (χ0n) is 12.1. The molecule has 0 radical (unpaired) electrons. The van der Waals surface area contributed by atoms with E-state index >= 15 is 0 Å². The van der Waals surface area contributed by atoms with Gasteiger partial charge in [0.05, 0.1) is 6.54 Å². The van der Waals surface area contributed by atoms with Gasteiger partial charge in [0.2, 0.25) is 0 Å². The maximum Gasteiger partial charge on any atom is 0.416 e. The van der Waals surface area contributed by atoms with Crippen LogP contribution in [0.2, 0.25) is 0 Å². The Balaban J connectivity index is 2.60. The highest BCUT2D eigenvalue weighted by Crippen LogP contribution is 2.21. The smallest absolute Gasteiger partial charge is 0.382 e. The molecule has 1 aromatic rings. The van der Waals surface area contributed by atoms with Gasteiger partial charge in [-0.2, -0.15) is 13.2 Å². The van der Waals surface area contributed by atoms with Crippen molar-refractivity contribution in [3.05, 3.63) is 29.8 Å². The standard InChI is InChI=1S/C14H19F3N2O2/c1-9(2)10-4-6-11(7-5-10)18-13(21)19(3)8-12(20)14(15,16)17/h4-7,9,12,20H,8H2,1-3H3,(H,18,21). The minimum absolute atomic E-state index is 0.347. The van der Waals surface area contributed by atoms with Crippen molar-refractivity contribution in [2.45, 2.75) is 32.0 Å². The third kappa shape index (κ3) is 5.26. The fourth-order valence-electron chi connectivity index (χ4n) is 1.62. The molecule has 1 aromatic carbocycles. The van der Waals surface area contributed by atoms with E-state index in [1.54, 1.807) is 12.1 Å². The average molecular weight is 304 g/mol. The Bertz CT molecular complexity index is 472. The number of hydrogen-bond donors (Lipinski definition) is 2. The predicted octanol–water partition coefficient (Wildman–Crippen LogP) is 3.20. The lowest BCUT2D eigenvalue weighted by Crippen LogP contribution is -2.43. The van der Waals surface area contributed by atoms with Crippen LogP contribution < -0.4 is 5.32 Å². The van der Waals surface area contributed by atoms with E-state index in [2.05, 4.69) is 5.32 Å². The van der Waals surface area contributed by atoms with Crippen molar-refractivity contribution in [3.8, 4) is 0 Å². The maximum atomic E-state index is 12.2. The van der Waals surface area contributed by atoms with E-state index in [9.17, 15) is 18.0 Å². The number of urea groups is 1. The van der Waals surface area contributed by atoms with Gasteiger partial charge in [-0.3, -0.25) is 0 Å². The van der Waals surface area contributed by atoms with Gasteiger partial charge >= 0.3 is 12.2 Å². The molecule has 0 saturated heterocycles. The fourth-order valence-corrected chi connectivity index (χ4v) is 1.62. The largest absolute Gasteiger partial charge is 0.416 e. The second-order valence-corrected chi connectivity index (χ2v) is 5.14. The minimum atomic E-state index is -4.74. The lowest BCUT2D eigenvalue weighted by molar-refractivity contribution is -0.205. The Kier molecular flexibility index (Phi) is 5.60. The molecule has 0 spiro atoms. The first-order valence-corrected chi connectivity index (χ1v) is 6.48. The predicted molar refractivity (Wildman–Crippen MR) is 74.2 cm³/mol. The number of carbonyl (C=O) groups is 1. The normalized spacial score (nSPS) is 13.1. The zero-order chi connectivity index (χ0) is 16.2. The highest BCUT2D eigenvalue weighted by Gasteiger charge is 2.39. The van der Waals surface area contributed by atoms with Crippen LogP contribution in [0.3, 0.4) is 0 Å². The summed E-state index contributed by atoms with van der Waals surface area (Å²) >= 11 is 0. The summed E-state index contributed by atoms with van der Waals surface area (Å²) in [7, 11) is 1.19. The Morgan fingerprint density at radius 2 is 1.81 bits per heavy atom. The first-order chi connectivity index (χ1) is 9.61. The van der Waals surface area contributed by atoms with Crippen LogP contribution in [-0.2, 0) is 0 Å². The number of halogens is 3. The van der Waals surface area contributed by atoms with Gasteiger partial charge in [0.25, 0.3) is 0 Å². The van der Waals surface area contributed by atoms with Crippen LogP contribution >= 0.6 is 0 Å². The van der Waals surface area contributed by atoms with E-state index in [0.717, 1.165) is 10.5 Å². The molecule has 0 bridgehead atoms. The Morgan fingerprint density at radius 3 is 2.24 bits per heavy atom. The van der Waals surface area contributed by atoms with Gasteiger partial charge in [-0.15, -0.1) is 0 Å². The lowest BCUT2D eigenvalue weighted by atomic mass is 10.0. The molecule has 0 aliphatic rings. The summed E-state index contributed by atoms with van der Waals surface area (Å²) in [4.78, 5) is 12.5. The molecule has 0 aliphatic heterocycles. The van der Waals surface area contributed by atoms with Crippen LogP contribution in [0.5, 0.6) is 0 Å². The molecule has 0 heterocycles. The summed E-state index contributed by atoms with van der Waals surface area (Å²) in [6.07, 6.45) is -7.30. The summed E-state index contributed by atoms with van der Waals surface area (Å²) in [5, 5.41) is 11.4. The average Bonchev–Trinajstić information content (AvgIpc) is 2.37. The number of nitrogens with one attached hydrogen (secondary N) is 1. The van der Waals surface area contributed by atoms with Crippen LogP contribution in [0, 0.1) is 0 Å². The molecule has 0 aliphatic carbocycles. The fraction of sp³-hybridized carbons (Fsp3) is 0.500. The lowest BCUT2D eigenvalue weighted by Gasteiger charge is -2.22. The highest BCUT2D eigenvalue weighted by atomic mass is 19.4. The molecular formula is C14H19F3N2O2. The van der Waals surface area contributed by atoms with Gasteiger partial charge < -0.3 is 15.3 Å². The molecule has 0 saturated carbocycles. The number of carbonyl (C=O) groups excluding carboxylic acids is 1. The molecule has 0 aromatic heterocycles. The molecule has 0 fully saturated rings. The van der Waals surface area contributed by atoms with E-state index in [0.29, 0.717) is 11.6 Å². The van der Waals surface area contributed by atoms with Gasteiger partial charge in [-0.1, -0.05) is 26.0 Å². The number of anilines is 1. The number of aliphatic hydroxyl groups is 1. The Labute approximate surface area is 121 Å². The van der Waals surface area contributed by atoms with Crippen molar-refractivity contribution in [1.82, 2.24) is 4.90 Å². The summed E-state index contributed by atoms with van der Waals surface area (Å²) in [6.45, 7) is 3.24. The number of rotatable bonds is 4. The number of likely N-dealkylation sites (N-methyl/N-ethyl adjacent to an activating group) is 1. The monoisotopic (exact) mass is 304 g/mol. The second-order valence-electron chi connectivity index (χ2n) is 5.14. The van der Waals surface area contributed by atoms with Gasteiger partial charge in [0.1, 0.15) is 0 Å². The number of nitrogens with zero attached hydrogens (tertiary/aromatic N) is 1. The second kappa shape index (κ2) is 6.80. The van der Waals surface area contributed by atoms with E-state index < -0.39 is 24.9 Å². The van der Waals surface area contributed by atoms with Gasteiger partial charge in [0.15, 0.2) is 6.10 Å². The maximum absolute atomic E-state index is 12.2.